The van der Waals surface area contributed by atoms with Crippen molar-refractivity contribution in [3.8, 4) is 0 Å². The molecule has 0 amide bonds. The van der Waals surface area contributed by atoms with Gasteiger partial charge in [0.1, 0.15) is 0 Å². The van der Waals surface area contributed by atoms with Gasteiger partial charge < -0.3 is 4.43 Å². The Morgan fingerprint density at radius 1 is 1.22 bits per heavy atom. The molecule has 0 saturated carbocycles. The van der Waals surface area contributed by atoms with Gasteiger partial charge in [-0.2, -0.15) is 0 Å². The molecule has 0 heterocycles. The van der Waals surface area contributed by atoms with Crippen LogP contribution in [0.25, 0.3) is 0 Å². The zero-order valence-corrected chi connectivity index (χ0v) is 14.6. The van der Waals surface area contributed by atoms with Crippen LogP contribution < -0.4 is 0 Å². The summed E-state index contributed by atoms with van der Waals surface area (Å²) in [5, 5.41) is 0.269. The monoisotopic (exact) mass is 268 g/mol. The van der Waals surface area contributed by atoms with Crippen LogP contribution in [0.1, 0.15) is 48.0 Å². The molecular weight excluding hydrogens is 236 g/mol. The highest BCUT2D eigenvalue weighted by Crippen LogP contribution is 2.37. The molecule has 0 N–H and O–H groups in total. The third-order valence-corrected chi connectivity index (χ3v) is 8.43. The van der Waals surface area contributed by atoms with Crippen molar-refractivity contribution >= 4 is 8.32 Å². The predicted octanol–water partition coefficient (Wildman–Crippen LogP) is 5.56. The Bertz CT molecular complexity index is 295. The van der Waals surface area contributed by atoms with Gasteiger partial charge in [0.15, 0.2) is 8.32 Å². The van der Waals surface area contributed by atoms with Gasteiger partial charge in [-0.05, 0) is 37.4 Å². The summed E-state index contributed by atoms with van der Waals surface area (Å²) in [4.78, 5) is 0. The lowest BCUT2D eigenvalue weighted by atomic mass is 9.98. The van der Waals surface area contributed by atoms with Gasteiger partial charge in [-0.1, -0.05) is 52.3 Å². The molecule has 1 nitrogen and oxygen atoms in total. The molecule has 0 saturated heterocycles. The molecule has 0 radical (unpaired) electrons. The third kappa shape index (κ3) is 5.53. The van der Waals surface area contributed by atoms with E-state index < -0.39 is 8.32 Å². The maximum absolute atomic E-state index is 6.36. The van der Waals surface area contributed by atoms with Gasteiger partial charge in [-0.3, -0.25) is 0 Å². The van der Waals surface area contributed by atoms with E-state index in [0.29, 0.717) is 5.92 Å². The predicted molar refractivity (Wildman–Crippen MR) is 85.5 cm³/mol. The Morgan fingerprint density at radius 2 is 1.72 bits per heavy atom. The van der Waals surface area contributed by atoms with E-state index >= 15 is 0 Å². The fourth-order valence-electron chi connectivity index (χ4n) is 1.64. The molecule has 0 aliphatic rings. The Morgan fingerprint density at radius 3 is 2.06 bits per heavy atom. The Hall–Kier alpha value is -0.343. The Labute approximate surface area is 115 Å². The van der Waals surface area contributed by atoms with E-state index in [1.165, 1.54) is 5.57 Å². The molecule has 0 bridgehead atoms. The first-order valence-electron chi connectivity index (χ1n) is 7.00. The maximum Gasteiger partial charge on any atom is 0.192 e. The minimum atomic E-state index is -1.66. The van der Waals surface area contributed by atoms with Gasteiger partial charge in [0.05, 0.1) is 6.10 Å². The summed E-state index contributed by atoms with van der Waals surface area (Å²) in [7, 11) is -1.66. The maximum atomic E-state index is 6.36. The van der Waals surface area contributed by atoms with E-state index in [0.717, 1.165) is 6.42 Å². The molecular formula is C16H32OSi. The van der Waals surface area contributed by atoms with E-state index in [2.05, 4.69) is 67.3 Å². The molecule has 0 aliphatic carbocycles. The number of rotatable bonds is 6. The van der Waals surface area contributed by atoms with E-state index in [1.807, 2.05) is 6.08 Å². The molecule has 1 atom stereocenters. The highest BCUT2D eigenvalue weighted by molar-refractivity contribution is 6.74. The van der Waals surface area contributed by atoms with Gasteiger partial charge in [-0.15, -0.1) is 6.58 Å². The summed E-state index contributed by atoms with van der Waals surface area (Å²) in [6.07, 6.45) is 5.42. The van der Waals surface area contributed by atoms with Crippen molar-refractivity contribution in [2.45, 2.75) is 72.2 Å². The van der Waals surface area contributed by atoms with Crippen molar-refractivity contribution in [1.82, 2.24) is 0 Å². The molecule has 106 valence electrons. The summed E-state index contributed by atoms with van der Waals surface area (Å²) in [6, 6.07) is 0. The molecule has 0 spiro atoms. The van der Waals surface area contributed by atoms with Crippen molar-refractivity contribution < 1.29 is 4.43 Å². The van der Waals surface area contributed by atoms with E-state index in [4.69, 9.17) is 4.43 Å². The van der Waals surface area contributed by atoms with Gasteiger partial charge in [0.2, 0.25) is 0 Å². The van der Waals surface area contributed by atoms with Crippen LogP contribution in [0.4, 0.5) is 0 Å². The van der Waals surface area contributed by atoms with Crippen molar-refractivity contribution in [2.24, 2.45) is 5.92 Å². The quantitative estimate of drug-likeness (QED) is 0.453. The molecule has 2 heteroatoms. The van der Waals surface area contributed by atoms with Crippen LogP contribution in [-0.2, 0) is 4.43 Å². The summed E-state index contributed by atoms with van der Waals surface area (Å²) in [5.41, 5.74) is 1.43. The fourth-order valence-corrected chi connectivity index (χ4v) is 2.99. The van der Waals surface area contributed by atoms with Crippen LogP contribution >= 0.6 is 0 Å². The average Bonchev–Trinajstić information content (AvgIpc) is 2.13. The van der Waals surface area contributed by atoms with E-state index in [1.54, 1.807) is 0 Å². The molecule has 0 rings (SSSR count). The molecule has 0 fully saturated rings. The summed E-state index contributed by atoms with van der Waals surface area (Å²) < 4.78 is 6.36. The third-order valence-electron chi connectivity index (χ3n) is 3.86. The second kappa shape index (κ2) is 6.72. The molecule has 0 aromatic heterocycles. The van der Waals surface area contributed by atoms with Crippen LogP contribution in [0, 0.1) is 5.92 Å². The van der Waals surface area contributed by atoms with Crippen molar-refractivity contribution in [2.75, 3.05) is 0 Å². The minimum absolute atomic E-state index is 0.197. The van der Waals surface area contributed by atoms with Crippen molar-refractivity contribution in [1.29, 1.82) is 0 Å². The number of allylic oxidation sites excluding steroid dienone is 2. The van der Waals surface area contributed by atoms with Crippen molar-refractivity contribution in [3.05, 3.63) is 24.3 Å². The van der Waals surface area contributed by atoms with Crippen LogP contribution in [0.5, 0.6) is 0 Å². The largest absolute Gasteiger partial charge is 0.411 e. The molecule has 0 aromatic rings. The number of hydrogen-bond acceptors (Lipinski definition) is 1. The molecule has 18 heavy (non-hydrogen) atoms. The summed E-state index contributed by atoms with van der Waals surface area (Å²) >= 11 is 0. The Balaban J connectivity index is 4.81. The lowest BCUT2D eigenvalue weighted by Gasteiger charge is -2.38. The highest BCUT2D eigenvalue weighted by atomic mass is 28.4. The SMILES string of the molecule is C=CC/C(=C\[C@@H](C)O[Si](C)(C)C(C)(C)C)C(C)C. The van der Waals surface area contributed by atoms with E-state index in [-0.39, 0.29) is 11.1 Å². The fraction of sp³-hybridized carbons (Fsp3) is 0.750. The average molecular weight is 269 g/mol. The van der Waals surface area contributed by atoms with Gasteiger partial charge in [0.25, 0.3) is 0 Å². The van der Waals surface area contributed by atoms with Crippen LogP contribution in [0.3, 0.4) is 0 Å². The first kappa shape index (κ1) is 17.7. The molecule has 0 aliphatic heterocycles. The zero-order chi connectivity index (χ0) is 14.6. The van der Waals surface area contributed by atoms with E-state index in [9.17, 15) is 0 Å². The lowest BCUT2D eigenvalue weighted by Crippen LogP contribution is -2.43. The first-order chi connectivity index (χ1) is 8.01. The van der Waals surface area contributed by atoms with Crippen LogP contribution in [-0.4, -0.2) is 14.4 Å². The second-order valence-corrected chi connectivity index (χ2v) is 11.7. The lowest BCUT2D eigenvalue weighted by molar-refractivity contribution is 0.241. The van der Waals surface area contributed by atoms with Crippen molar-refractivity contribution in [3.63, 3.8) is 0 Å². The number of hydrogen-bond donors (Lipinski definition) is 0. The minimum Gasteiger partial charge on any atom is -0.411 e. The second-order valence-electron chi connectivity index (χ2n) is 6.97. The molecule has 0 aromatic carbocycles. The van der Waals surface area contributed by atoms with Gasteiger partial charge in [0, 0.05) is 0 Å². The van der Waals surface area contributed by atoms with Crippen LogP contribution in [0.2, 0.25) is 18.1 Å². The van der Waals surface area contributed by atoms with Gasteiger partial charge in [-0.25, -0.2) is 0 Å². The summed E-state index contributed by atoms with van der Waals surface area (Å²) in [5.74, 6) is 0.563. The normalized spacial score (nSPS) is 15.9. The smallest absolute Gasteiger partial charge is 0.192 e. The topological polar surface area (TPSA) is 9.23 Å². The first-order valence-corrected chi connectivity index (χ1v) is 9.91. The van der Waals surface area contributed by atoms with Gasteiger partial charge >= 0.3 is 0 Å². The summed E-state index contributed by atoms with van der Waals surface area (Å²) in [6.45, 7) is 21.9. The molecule has 0 unspecified atom stereocenters. The Kier molecular flexibility index (Phi) is 6.59. The van der Waals surface area contributed by atoms with Crippen LogP contribution in [0.15, 0.2) is 24.3 Å². The highest BCUT2D eigenvalue weighted by Gasteiger charge is 2.38. The zero-order valence-electron chi connectivity index (χ0n) is 13.6. The standard InChI is InChI=1S/C16H32OSi/c1-10-11-15(13(2)3)12-14(4)17-18(8,9)16(5,6)7/h10,12-14H,1,11H2,2-9H3/b15-12+/t14-/m1/s1.